The molecule has 3 atom stereocenters. The molecule has 3 aromatic rings. The lowest BCUT2D eigenvalue weighted by atomic mass is 9.91. The van der Waals surface area contributed by atoms with Crippen LogP contribution in [0.15, 0.2) is 78.9 Å². The van der Waals surface area contributed by atoms with Crippen molar-refractivity contribution in [1.82, 2.24) is 5.32 Å². The van der Waals surface area contributed by atoms with Crippen LogP contribution >= 0.6 is 11.6 Å². The van der Waals surface area contributed by atoms with Crippen molar-refractivity contribution in [3.63, 3.8) is 0 Å². The summed E-state index contributed by atoms with van der Waals surface area (Å²) in [5.74, 6) is -0.524. The molecule has 0 spiro atoms. The maximum atomic E-state index is 12.6. The smallest absolute Gasteiger partial charge is 0.313 e. The average Bonchev–Trinajstić information content (AvgIpc) is 2.82. The molecule has 0 aliphatic carbocycles. The van der Waals surface area contributed by atoms with Gasteiger partial charge in [0.1, 0.15) is 0 Å². The van der Waals surface area contributed by atoms with Gasteiger partial charge in [-0.15, -0.1) is 0 Å². The number of halogens is 1. The van der Waals surface area contributed by atoms with Crippen LogP contribution in [0.25, 0.3) is 0 Å². The fourth-order valence-electron chi connectivity index (χ4n) is 3.89. The van der Waals surface area contributed by atoms with Crippen LogP contribution in [0.2, 0.25) is 5.02 Å². The molecule has 3 unspecified atom stereocenters. The molecule has 0 radical (unpaired) electrons. The van der Waals surface area contributed by atoms with Crippen molar-refractivity contribution >= 4 is 17.6 Å². The van der Waals surface area contributed by atoms with Crippen molar-refractivity contribution < 1.29 is 14.6 Å². The van der Waals surface area contributed by atoms with Gasteiger partial charge < -0.3 is 15.2 Å². The Labute approximate surface area is 201 Å². The number of hydrogen-bond donors (Lipinski definition) is 2. The van der Waals surface area contributed by atoms with E-state index in [2.05, 4.69) is 24.4 Å². The topological polar surface area (TPSA) is 58.6 Å². The molecule has 0 amide bonds. The minimum absolute atomic E-state index is 0.176. The highest BCUT2D eigenvalue weighted by Crippen LogP contribution is 2.24. The number of rotatable bonds is 11. The first kappa shape index (κ1) is 25.0. The van der Waals surface area contributed by atoms with Crippen LogP contribution in [0, 0.1) is 0 Å². The van der Waals surface area contributed by atoms with Gasteiger partial charge >= 0.3 is 5.97 Å². The zero-order chi connectivity index (χ0) is 23.6. The fourth-order valence-corrected chi connectivity index (χ4v) is 4.08. The molecule has 0 saturated carbocycles. The Kier molecular flexibility index (Phi) is 9.49. The molecule has 0 saturated heterocycles. The minimum atomic E-state index is -0.614. The Morgan fingerprint density at radius 1 is 0.939 bits per heavy atom. The van der Waals surface area contributed by atoms with E-state index in [0.29, 0.717) is 24.6 Å². The second kappa shape index (κ2) is 12.5. The SMILES string of the molecule is CCOC(=O)C(Cc1ccccc1)c1ccc(CC(C)NCC(O)c2cccc(Cl)c2)cc1. The molecule has 0 fully saturated rings. The Morgan fingerprint density at radius 2 is 1.64 bits per heavy atom. The number of carbonyl (C=O) groups excluding carboxylic acids is 1. The summed E-state index contributed by atoms with van der Waals surface area (Å²) in [6.45, 7) is 4.74. The van der Waals surface area contributed by atoms with E-state index < -0.39 is 6.10 Å². The van der Waals surface area contributed by atoms with E-state index >= 15 is 0 Å². The Hall–Kier alpha value is -2.66. The Bertz CT molecular complexity index is 1010. The second-order valence-corrected chi connectivity index (χ2v) is 8.76. The second-order valence-electron chi connectivity index (χ2n) is 8.32. The summed E-state index contributed by atoms with van der Waals surface area (Å²) in [6.07, 6.45) is 0.806. The predicted octanol–water partition coefficient (Wildman–Crippen LogP) is 5.48. The number of ether oxygens (including phenoxy) is 1. The van der Waals surface area contributed by atoms with Crippen molar-refractivity contribution in [2.45, 2.75) is 44.8 Å². The average molecular weight is 466 g/mol. The van der Waals surface area contributed by atoms with E-state index in [1.165, 1.54) is 5.56 Å². The van der Waals surface area contributed by atoms with Crippen LogP contribution in [-0.2, 0) is 22.4 Å². The van der Waals surface area contributed by atoms with Gasteiger partial charge in [0.05, 0.1) is 18.6 Å². The molecule has 3 rings (SSSR count). The van der Waals surface area contributed by atoms with E-state index in [1.54, 1.807) is 12.1 Å². The summed E-state index contributed by atoms with van der Waals surface area (Å²) < 4.78 is 5.34. The zero-order valence-electron chi connectivity index (χ0n) is 19.2. The first-order valence-electron chi connectivity index (χ1n) is 11.4. The largest absolute Gasteiger partial charge is 0.466 e. The fraction of sp³-hybridized carbons (Fsp3) is 0.321. The summed E-state index contributed by atoms with van der Waals surface area (Å²) in [4.78, 5) is 12.6. The lowest BCUT2D eigenvalue weighted by Crippen LogP contribution is -2.32. The van der Waals surface area contributed by atoms with Crippen molar-refractivity contribution in [3.05, 3.63) is 106 Å². The number of nitrogens with one attached hydrogen (secondary N) is 1. The van der Waals surface area contributed by atoms with E-state index in [9.17, 15) is 9.90 Å². The van der Waals surface area contributed by atoms with Gasteiger partial charge in [-0.2, -0.15) is 0 Å². The van der Waals surface area contributed by atoms with Crippen molar-refractivity contribution in [2.75, 3.05) is 13.2 Å². The van der Waals surface area contributed by atoms with E-state index in [1.807, 2.05) is 61.5 Å². The van der Waals surface area contributed by atoms with Crippen molar-refractivity contribution in [3.8, 4) is 0 Å². The molecule has 0 aliphatic heterocycles. The van der Waals surface area contributed by atoms with Gasteiger partial charge in [-0.25, -0.2) is 0 Å². The van der Waals surface area contributed by atoms with Gasteiger partial charge in [-0.1, -0.05) is 78.3 Å². The van der Waals surface area contributed by atoms with Crippen LogP contribution in [-0.4, -0.2) is 30.3 Å². The van der Waals surface area contributed by atoms with Gasteiger partial charge in [-0.05, 0) is 61.1 Å². The van der Waals surface area contributed by atoms with E-state index in [-0.39, 0.29) is 17.9 Å². The van der Waals surface area contributed by atoms with Crippen LogP contribution in [0.1, 0.15) is 48.1 Å². The Balaban J connectivity index is 1.59. The summed E-state index contributed by atoms with van der Waals surface area (Å²) in [5.41, 5.74) is 4.03. The number of aliphatic hydroxyl groups excluding tert-OH is 1. The first-order valence-corrected chi connectivity index (χ1v) is 11.8. The number of benzene rings is 3. The highest BCUT2D eigenvalue weighted by Gasteiger charge is 2.22. The highest BCUT2D eigenvalue weighted by molar-refractivity contribution is 6.30. The van der Waals surface area contributed by atoms with Crippen LogP contribution in [0.4, 0.5) is 0 Å². The van der Waals surface area contributed by atoms with Crippen molar-refractivity contribution in [2.24, 2.45) is 0 Å². The van der Waals surface area contributed by atoms with E-state index in [0.717, 1.165) is 23.1 Å². The third-order valence-electron chi connectivity index (χ3n) is 5.67. The predicted molar refractivity (Wildman–Crippen MR) is 134 cm³/mol. The zero-order valence-corrected chi connectivity index (χ0v) is 20.0. The molecule has 4 nitrogen and oxygen atoms in total. The van der Waals surface area contributed by atoms with Crippen LogP contribution < -0.4 is 5.32 Å². The number of hydrogen-bond acceptors (Lipinski definition) is 4. The lowest BCUT2D eigenvalue weighted by molar-refractivity contribution is -0.144. The molecule has 0 aromatic heterocycles. The quantitative estimate of drug-likeness (QED) is 0.368. The minimum Gasteiger partial charge on any atom is -0.466 e. The molecule has 3 aromatic carbocycles. The molecule has 0 bridgehead atoms. The van der Waals surface area contributed by atoms with Gasteiger partial charge in [0, 0.05) is 17.6 Å². The van der Waals surface area contributed by atoms with Gasteiger partial charge in [-0.3, -0.25) is 4.79 Å². The van der Waals surface area contributed by atoms with Gasteiger partial charge in [0.25, 0.3) is 0 Å². The summed E-state index contributed by atoms with van der Waals surface area (Å²) in [6, 6.07) is 25.7. The van der Waals surface area contributed by atoms with Gasteiger partial charge in [0.15, 0.2) is 0 Å². The third kappa shape index (κ3) is 7.71. The summed E-state index contributed by atoms with van der Waals surface area (Å²) >= 11 is 6.02. The normalized spacial score (nSPS) is 13.8. The maximum Gasteiger partial charge on any atom is 0.313 e. The van der Waals surface area contributed by atoms with Gasteiger partial charge in [0.2, 0.25) is 0 Å². The summed E-state index contributed by atoms with van der Waals surface area (Å²) in [5, 5.41) is 14.4. The standard InChI is InChI=1S/C28H32ClNO3/c1-3-33-28(32)26(17-21-8-5-4-6-9-21)23-14-12-22(13-15-23)16-20(2)30-19-27(31)24-10-7-11-25(29)18-24/h4-15,18,20,26-27,30-31H,3,16-17,19H2,1-2H3. The Morgan fingerprint density at radius 3 is 2.30 bits per heavy atom. The molecule has 0 aliphatic rings. The highest BCUT2D eigenvalue weighted by atomic mass is 35.5. The monoisotopic (exact) mass is 465 g/mol. The molecule has 33 heavy (non-hydrogen) atoms. The number of carbonyl (C=O) groups is 1. The maximum absolute atomic E-state index is 12.6. The lowest BCUT2D eigenvalue weighted by Gasteiger charge is -2.19. The van der Waals surface area contributed by atoms with E-state index in [4.69, 9.17) is 16.3 Å². The molecule has 0 heterocycles. The summed E-state index contributed by atoms with van der Waals surface area (Å²) in [7, 11) is 0. The molecular weight excluding hydrogens is 434 g/mol. The first-order chi connectivity index (χ1) is 16.0. The molecular formula is C28H32ClNO3. The number of esters is 1. The number of aliphatic hydroxyl groups is 1. The molecule has 5 heteroatoms. The van der Waals surface area contributed by atoms with Crippen LogP contribution in [0.3, 0.4) is 0 Å². The molecule has 2 N–H and O–H groups in total. The molecule has 174 valence electrons. The third-order valence-corrected chi connectivity index (χ3v) is 5.91. The van der Waals surface area contributed by atoms with Crippen LogP contribution in [0.5, 0.6) is 0 Å². The van der Waals surface area contributed by atoms with Crippen molar-refractivity contribution in [1.29, 1.82) is 0 Å².